The number of thioether (sulfide) groups is 2. The quantitative estimate of drug-likeness (QED) is 0.748. The van der Waals surface area contributed by atoms with Gasteiger partial charge in [0.05, 0.1) is 25.7 Å². The van der Waals surface area contributed by atoms with Crippen molar-refractivity contribution in [1.29, 1.82) is 0 Å². The first-order valence-corrected chi connectivity index (χ1v) is 11.1. The summed E-state index contributed by atoms with van der Waals surface area (Å²) in [4.78, 5) is 19.4. The predicted molar refractivity (Wildman–Crippen MR) is 116 cm³/mol. The lowest BCUT2D eigenvalue weighted by atomic mass is 9.99. The topological polar surface area (TPSA) is 51.1 Å². The first-order chi connectivity index (χ1) is 13.7. The molecule has 4 rings (SSSR count). The smallest absolute Gasteiger partial charge is 0.233 e. The number of fused-ring (bicyclic) bond motifs is 2. The van der Waals surface area contributed by atoms with Crippen LogP contribution in [0.15, 0.2) is 41.4 Å². The Hall–Kier alpha value is -2.12. The van der Waals surface area contributed by atoms with Gasteiger partial charge >= 0.3 is 0 Å². The minimum absolute atomic E-state index is 0.146. The van der Waals surface area contributed by atoms with E-state index in [0.717, 1.165) is 40.1 Å². The Morgan fingerprint density at radius 1 is 1.14 bits per heavy atom. The molecule has 0 unspecified atom stereocenters. The molecular weight excluding hydrogens is 392 g/mol. The molecule has 5 nitrogen and oxygen atoms in total. The van der Waals surface area contributed by atoms with Crippen molar-refractivity contribution in [3.8, 4) is 11.5 Å². The number of ether oxygens (including phenoxy) is 2. The van der Waals surface area contributed by atoms with Crippen molar-refractivity contribution in [2.24, 2.45) is 4.99 Å². The number of carbonyl (C=O) groups excluding carboxylic acids is 1. The Kier molecular flexibility index (Phi) is 5.82. The van der Waals surface area contributed by atoms with Crippen LogP contribution in [-0.2, 0) is 23.5 Å². The van der Waals surface area contributed by atoms with E-state index in [9.17, 15) is 4.79 Å². The van der Waals surface area contributed by atoms with Crippen molar-refractivity contribution < 1.29 is 14.3 Å². The Bertz CT molecular complexity index is 930. The van der Waals surface area contributed by atoms with Crippen LogP contribution in [-0.4, -0.2) is 41.7 Å². The van der Waals surface area contributed by atoms with Crippen LogP contribution in [0, 0.1) is 0 Å². The van der Waals surface area contributed by atoms with Gasteiger partial charge in [-0.25, -0.2) is 4.99 Å². The second-order valence-corrected chi connectivity index (χ2v) is 8.81. The molecule has 0 aliphatic carbocycles. The van der Waals surface area contributed by atoms with E-state index in [0.29, 0.717) is 18.0 Å². The molecule has 0 radical (unpaired) electrons. The average Bonchev–Trinajstić information content (AvgIpc) is 2.75. The third-order valence-electron chi connectivity index (χ3n) is 4.94. The van der Waals surface area contributed by atoms with E-state index in [1.807, 2.05) is 35.2 Å². The number of nitrogens with zero attached hydrogens (tertiary/aromatic N) is 2. The number of rotatable bonds is 4. The monoisotopic (exact) mass is 414 g/mol. The zero-order valence-electron chi connectivity index (χ0n) is 15.9. The SMILES string of the molecule is COc1cc2c(cc1OC)CN(C(=O)CSC1=Nc3ccccc3CS1)CC2. The minimum Gasteiger partial charge on any atom is -0.493 e. The van der Waals surface area contributed by atoms with Gasteiger partial charge in [-0.05, 0) is 41.3 Å². The summed E-state index contributed by atoms with van der Waals surface area (Å²) in [5.74, 6) is 2.92. The molecule has 2 heterocycles. The van der Waals surface area contributed by atoms with Crippen LogP contribution < -0.4 is 9.47 Å². The molecule has 28 heavy (non-hydrogen) atoms. The molecule has 2 aromatic carbocycles. The number of methoxy groups -OCH3 is 2. The maximum absolute atomic E-state index is 12.8. The molecule has 2 aliphatic rings. The lowest BCUT2D eigenvalue weighted by Gasteiger charge is -2.29. The molecular formula is C21H22N2O3S2. The van der Waals surface area contributed by atoms with Crippen LogP contribution in [0.4, 0.5) is 5.69 Å². The number of hydrogen-bond acceptors (Lipinski definition) is 6. The normalized spacial score (nSPS) is 15.4. The summed E-state index contributed by atoms with van der Waals surface area (Å²) < 4.78 is 11.8. The maximum Gasteiger partial charge on any atom is 0.233 e. The van der Waals surface area contributed by atoms with Gasteiger partial charge in [-0.2, -0.15) is 0 Å². The number of amides is 1. The highest BCUT2D eigenvalue weighted by Gasteiger charge is 2.23. The molecule has 146 valence electrons. The Labute approximate surface area is 173 Å². The number of para-hydroxylation sites is 1. The zero-order valence-corrected chi connectivity index (χ0v) is 17.6. The molecule has 0 atom stereocenters. The van der Waals surface area contributed by atoms with E-state index in [-0.39, 0.29) is 5.91 Å². The standard InChI is InChI=1S/C21H22N2O3S2/c1-25-18-9-14-7-8-23(11-16(14)10-19(18)26-2)20(24)13-28-21-22-17-6-4-3-5-15(17)12-27-21/h3-6,9-10H,7-8,11-13H2,1-2H3. The summed E-state index contributed by atoms with van der Waals surface area (Å²) >= 11 is 3.24. The predicted octanol–water partition coefficient (Wildman–Crippen LogP) is 4.26. The van der Waals surface area contributed by atoms with E-state index >= 15 is 0 Å². The van der Waals surface area contributed by atoms with Crippen LogP contribution in [0.3, 0.4) is 0 Å². The van der Waals surface area contributed by atoms with Crippen molar-refractivity contribution in [3.05, 3.63) is 53.1 Å². The van der Waals surface area contributed by atoms with Gasteiger partial charge in [-0.1, -0.05) is 41.7 Å². The molecule has 2 aromatic rings. The van der Waals surface area contributed by atoms with Crippen molar-refractivity contribution in [2.75, 3.05) is 26.5 Å². The summed E-state index contributed by atoms with van der Waals surface area (Å²) in [6, 6.07) is 12.2. The van der Waals surface area contributed by atoms with Gasteiger partial charge in [0, 0.05) is 18.8 Å². The third-order valence-corrected chi connectivity index (χ3v) is 7.17. The van der Waals surface area contributed by atoms with E-state index in [1.165, 1.54) is 22.9 Å². The summed E-state index contributed by atoms with van der Waals surface area (Å²) in [5.41, 5.74) is 4.61. The maximum atomic E-state index is 12.8. The van der Waals surface area contributed by atoms with Crippen LogP contribution in [0.1, 0.15) is 16.7 Å². The summed E-state index contributed by atoms with van der Waals surface area (Å²) in [6.45, 7) is 1.34. The van der Waals surface area contributed by atoms with Crippen LogP contribution in [0.5, 0.6) is 11.5 Å². The highest BCUT2D eigenvalue weighted by Crippen LogP contribution is 2.35. The Morgan fingerprint density at radius 2 is 1.89 bits per heavy atom. The first kappa shape index (κ1) is 19.2. The average molecular weight is 415 g/mol. The van der Waals surface area contributed by atoms with E-state index < -0.39 is 0 Å². The number of hydrogen-bond donors (Lipinski definition) is 0. The fourth-order valence-corrected chi connectivity index (χ4v) is 5.36. The molecule has 7 heteroatoms. The summed E-state index contributed by atoms with van der Waals surface area (Å²) in [7, 11) is 3.28. The molecule has 1 amide bonds. The number of aliphatic imine (C=N–C) groups is 1. The van der Waals surface area contributed by atoms with Gasteiger partial charge in [0.1, 0.15) is 4.38 Å². The first-order valence-electron chi connectivity index (χ1n) is 9.11. The van der Waals surface area contributed by atoms with Gasteiger partial charge in [-0.3, -0.25) is 4.79 Å². The van der Waals surface area contributed by atoms with Gasteiger partial charge in [0.15, 0.2) is 11.5 Å². The van der Waals surface area contributed by atoms with E-state index in [4.69, 9.17) is 9.47 Å². The van der Waals surface area contributed by atoms with E-state index in [1.54, 1.807) is 26.0 Å². The van der Waals surface area contributed by atoms with Gasteiger partial charge in [-0.15, -0.1) is 0 Å². The molecule has 0 spiro atoms. The molecule has 2 aliphatic heterocycles. The van der Waals surface area contributed by atoms with Crippen LogP contribution >= 0.6 is 23.5 Å². The van der Waals surface area contributed by atoms with Crippen molar-refractivity contribution >= 4 is 39.5 Å². The highest BCUT2D eigenvalue weighted by molar-refractivity contribution is 8.38. The lowest BCUT2D eigenvalue weighted by Crippen LogP contribution is -2.37. The molecule has 0 fully saturated rings. The number of carbonyl (C=O) groups is 1. The summed E-state index contributed by atoms with van der Waals surface area (Å²) in [6.07, 6.45) is 0.829. The Balaban J connectivity index is 1.40. The fraction of sp³-hybridized carbons (Fsp3) is 0.333. The molecule has 0 aromatic heterocycles. The molecule has 0 saturated heterocycles. The third kappa shape index (κ3) is 4.00. The number of benzene rings is 2. The summed E-state index contributed by atoms with van der Waals surface area (Å²) in [5, 5.41) is 0. The molecule has 0 N–H and O–H groups in total. The van der Waals surface area contributed by atoms with Gasteiger partial charge in [0.25, 0.3) is 0 Å². The lowest BCUT2D eigenvalue weighted by molar-refractivity contribution is -0.129. The zero-order chi connectivity index (χ0) is 19.5. The van der Waals surface area contributed by atoms with Crippen molar-refractivity contribution in [2.45, 2.75) is 18.7 Å². The Morgan fingerprint density at radius 3 is 2.68 bits per heavy atom. The largest absolute Gasteiger partial charge is 0.493 e. The van der Waals surface area contributed by atoms with Gasteiger partial charge in [0.2, 0.25) is 5.91 Å². The van der Waals surface area contributed by atoms with Crippen molar-refractivity contribution in [3.63, 3.8) is 0 Å². The van der Waals surface area contributed by atoms with E-state index in [2.05, 4.69) is 11.1 Å². The van der Waals surface area contributed by atoms with Crippen molar-refractivity contribution in [1.82, 2.24) is 4.90 Å². The second kappa shape index (κ2) is 8.49. The molecule has 0 saturated carbocycles. The van der Waals surface area contributed by atoms with Crippen LogP contribution in [0.2, 0.25) is 0 Å². The minimum atomic E-state index is 0.146. The second-order valence-electron chi connectivity index (χ2n) is 6.62. The van der Waals surface area contributed by atoms with Gasteiger partial charge < -0.3 is 14.4 Å². The van der Waals surface area contributed by atoms with Crippen LogP contribution in [0.25, 0.3) is 0 Å². The fourth-order valence-electron chi connectivity index (χ4n) is 3.40. The highest BCUT2D eigenvalue weighted by atomic mass is 32.2. The molecule has 0 bridgehead atoms.